The molecule has 1 fully saturated rings. The minimum Gasteiger partial charge on any atom is -0.393 e. The first kappa shape index (κ1) is 16.0. The molecule has 1 aliphatic carbocycles. The Hall–Kier alpha value is -1.49. The van der Waals surface area contributed by atoms with Gasteiger partial charge in [-0.15, -0.1) is 0 Å². The molecular formula is C19H19ClN2OS. The Morgan fingerprint density at radius 3 is 2.58 bits per heavy atom. The summed E-state index contributed by atoms with van der Waals surface area (Å²) < 4.78 is 0. The number of benzene rings is 1. The minimum absolute atomic E-state index is 0.142. The van der Waals surface area contributed by atoms with E-state index in [0.717, 1.165) is 36.4 Å². The number of hydrogen-bond donors (Lipinski definition) is 2. The topological polar surface area (TPSA) is 48.9 Å². The third-order valence-electron chi connectivity index (χ3n) is 4.69. The fourth-order valence-corrected chi connectivity index (χ4v) is 4.64. The van der Waals surface area contributed by atoms with Gasteiger partial charge in [-0.3, -0.25) is 0 Å². The van der Waals surface area contributed by atoms with Crippen LogP contribution in [0.25, 0.3) is 11.0 Å². The first-order valence-electron chi connectivity index (χ1n) is 8.29. The second-order valence-corrected chi connectivity index (χ2v) is 7.85. The van der Waals surface area contributed by atoms with Crippen molar-refractivity contribution in [3.63, 3.8) is 0 Å². The van der Waals surface area contributed by atoms with Crippen LogP contribution in [0.5, 0.6) is 0 Å². The summed E-state index contributed by atoms with van der Waals surface area (Å²) in [6.07, 6.45) is 5.46. The van der Waals surface area contributed by atoms with Crippen LogP contribution in [0, 0.1) is 0 Å². The summed E-state index contributed by atoms with van der Waals surface area (Å²) in [4.78, 5) is 10.4. The van der Waals surface area contributed by atoms with E-state index >= 15 is 0 Å². The van der Waals surface area contributed by atoms with Crippen LogP contribution in [-0.2, 0) is 0 Å². The van der Waals surface area contributed by atoms with Crippen LogP contribution in [0.1, 0.15) is 37.3 Å². The van der Waals surface area contributed by atoms with Gasteiger partial charge in [-0.05, 0) is 62.1 Å². The lowest BCUT2D eigenvalue weighted by molar-refractivity contribution is 0.121. The lowest BCUT2D eigenvalue weighted by atomic mass is 9.85. The number of pyridine rings is 1. The van der Waals surface area contributed by atoms with Crippen LogP contribution >= 0.6 is 23.4 Å². The Kier molecular flexibility index (Phi) is 4.53. The highest BCUT2D eigenvalue weighted by atomic mass is 35.5. The summed E-state index contributed by atoms with van der Waals surface area (Å²) >= 11 is 7.77. The Morgan fingerprint density at radius 2 is 1.83 bits per heavy atom. The summed E-state index contributed by atoms with van der Waals surface area (Å²) in [6.45, 7) is 0. The normalized spacial score (nSPS) is 21.2. The monoisotopic (exact) mass is 358 g/mol. The maximum absolute atomic E-state index is 9.80. The van der Waals surface area contributed by atoms with Gasteiger partial charge in [0.15, 0.2) is 0 Å². The van der Waals surface area contributed by atoms with Crippen LogP contribution in [0.15, 0.2) is 52.4 Å². The van der Waals surface area contributed by atoms with Gasteiger partial charge in [0, 0.05) is 38.0 Å². The number of aliphatic hydroxyl groups excluding tert-OH is 1. The van der Waals surface area contributed by atoms with E-state index in [1.807, 2.05) is 24.4 Å². The maximum Gasteiger partial charge on any atom is 0.138 e. The minimum atomic E-state index is -0.142. The zero-order valence-corrected chi connectivity index (χ0v) is 14.8. The number of fused-ring (bicyclic) bond motifs is 1. The summed E-state index contributed by atoms with van der Waals surface area (Å²) in [5.41, 5.74) is 2.20. The maximum atomic E-state index is 9.80. The number of rotatable bonds is 3. The molecule has 0 saturated heterocycles. The third kappa shape index (κ3) is 3.18. The van der Waals surface area contributed by atoms with E-state index in [2.05, 4.69) is 28.2 Å². The molecule has 1 saturated carbocycles. The van der Waals surface area contributed by atoms with Crippen molar-refractivity contribution in [3.05, 3.63) is 53.3 Å². The molecule has 3 nitrogen and oxygen atoms in total. The molecule has 3 aromatic rings. The fourth-order valence-electron chi connectivity index (χ4n) is 3.40. The van der Waals surface area contributed by atoms with Gasteiger partial charge in [0.05, 0.1) is 6.10 Å². The molecule has 1 aliphatic rings. The lowest BCUT2D eigenvalue weighted by Crippen LogP contribution is -2.17. The van der Waals surface area contributed by atoms with Gasteiger partial charge >= 0.3 is 0 Å². The quantitative estimate of drug-likeness (QED) is 0.660. The molecule has 4 rings (SSSR count). The lowest BCUT2D eigenvalue weighted by Gasteiger charge is -2.25. The van der Waals surface area contributed by atoms with Gasteiger partial charge in [0.1, 0.15) is 5.65 Å². The molecule has 0 aliphatic heterocycles. The van der Waals surface area contributed by atoms with Crippen LogP contribution in [0.4, 0.5) is 0 Å². The molecule has 2 N–H and O–H groups in total. The molecule has 5 heteroatoms. The largest absolute Gasteiger partial charge is 0.393 e. The molecule has 0 spiro atoms. The zero-order chi connectivity index (χ0) is 16.5. The van der Waals surface area contributed by atoms with Gasteiger partial charge in [-0.25, -0.2) is 4.98 Å². The van der Waals surface area contributed by atoms with Crippen molar-refractivity contribution in [3.8, 4) is 0 Å². The number of aromatic nitrogens is 2. The highest BCUT2D eigenvalue weighted by Crippen LogP contribution is 2.43. The Morgan fingerprint density at radius 1 is 1.08 bits per heavy atom. The second kappa shape index (κ2) is 6.79. The molecule has 0 radical (unpaired) electrons. The van der Waals surface area contributed by atoms with Crippen LogP contribution in [-0.4, -0.2) is 21.2 Å². The number of nitrogens with zero attached hydrogens (tertiary/aromatic N) is 1. The van der Waals surface area contributed by atoms with Gasteiger partial charge in [0.2, 0.25) is 0 Å². The molecule has 2 heterocycles. The third-order valence-corrected chi connectivity index (χ3v) is 6.09. The van der Waals surface area contributed by atoms with E-state index in [1.54, 1.807) is 11.8 Å². The molecule has 24 heavy (non-hydrogen) atoms. The highest BCUT2D eigenvalue weighted by molar-refractivity contribution is 7.99. The molecule has 0 amide bonds. The van der Waals surface area contributed by atoms with Crippen molar-refractivity contribution in [2.24, 2.45) is 0 Å². The Balaban J connectivity index is 1.74. The molecule has 0 bridgehead atoms. The van der Waals surface area contributed by atoms with E-state index in [4.69, 9.17) is 11.6 Å². The van der Waals surface area contributed by atoms with Crippen molar-refractivity contribution in [2.75, 3.05) is 0 Å². The molecule has 2 aromatic heterocycles. The number of nitrogens with one attached hydrogen (secondary N) is 1. The number of halogens is 1. The second-order valence-electron chi connectivity index (χ2n) is 6.33. The SMILES string of the molecule is O[C@H]1CC[C@H](c2[nH]c3ncccc3c2Sc2ccc(Cl)cc2)CC1. The van der Waals surface area contributed by atoms with Gasteiger partial charge in [-0.2, -0.15) is 0 Å². The molecule has 0 atom stereocenters. The van der Waals surface area contributed by atoms with Crippen molar-refractivity contribution in [1.82, 2.24) is 9.97 Å². The van der Waals surface area contributed by atoms with E-state index in [-0.39, 0.29) is 6.10 Å². The summed E-state index contributed by atoms with van der Waals surface area (Å²) in [5, 5.41) is 11.7. The van der Waals surface area contributed by atoms with Crippen molar-refractivity contribution in [2.45, 2.75) is 47.5 Å². The van der Waals surface area contributed by atoms with E-state index in [9.17, 15) is 5.11 Å². The predicted molar refractivity (Wildman–Crippen MR) is 98.9 cm³/mol. The fraction of sp³-hybridized carbons (Fsp3) is 0.316. The van der Waals surface area contributed by atoms with Gasteiger partial charge < -0.3 is 10.1 Å². The van der Waals surface area contributed by atoms with Crippen molar-refractivity contribution >= 4 is 34.4 Å². The number of hydrogen-bond acceptors (Lipinski definition) is 3. The predicted octanol–water partition coefficient (Wildman–Crippen LogP) is 5.39. The first-order chi connectivity index (χ1) is 11.7. The molecule has 0 unspecified atom stereocenters. The molecule has 124 valence electrons. The van der Waals surface area contributed by atoms with Crippen LogP contribution in [0.2, 0.25) is 5.02 Å². The standard InChI is InChI=1S/C19H19ClN2OS/c20-13-5-9-15(10-6-13)24-18-16-2-1-11-21-19(16)22-17(18)12-3-7-14(23)8-4-12/h1-2,5-6,9-12,14,23H,3-4,7-8H2,(H,21,22)/t12-,14-. The van der Waals surface area contributed by atoms with Crippen molar-refractivity contribution < 1.29 is 5.11 Å². The summed E-state index contributed by atoms with van der Waals surface area (Å²) in [6, 6.07) is 12.1. The van der Waals surface area contributed by atoms with E-state index in [0.29, 0.717) is 5.92 Å². The molecular weight excluding hydrogens is 340 g/mol. The first-order valence-corrected chi connectivity index (χ1v) is 9.48. The van der Waals surface area contributed by atoms with Crippen molar-refractivity contribution in [1.29, 1.82) is 0 Å². The summed E-state index contributed by atoms with van der Waals surface area (Å²) in [5.74, 6) is 0.456. The average Bonchev–Trinajstić information content (AvgIpc) is 2.96. The van der Waals surface area contributed by atoms with Gasteiger partial charge in [-0.1, -0.05) is 23.4 Å². The van der Waals surface area contributed by atoms with E-state index in [1.165, 1.54) is 20.9 Å². The Labute approximate surface area is 150 Å². The molecule has 1 aromatic carbocycles. The van der Waals surface area contributed by atoms with Gasteiger partial charge in [0.25, 0.3) is 0 Å². The zero-order valence-electron chi connectivity index (χ0n) is 13.2. The highest BCUT2D eigenvalue weighted by Gasteiger charge is 2.26. The number of aliphatic hydroxyl groups is 1. The van der Waals surface area contributed by atoms with Crippen LogP contribution < -0.4 is 0 Å². The average molecular weight is 359 g/mol. The summed E-state index contributed by atoms with van der Waals surface area (Å²) in [7, 11) is 0. The number of H-pyrrole nitrogens is 1. The smallest absolute Gasteiger partial charge is 0.138 e. The Bertz CT molecular complexity index is 838. The van der Waals surface area contributed by atoms with E-state index < -0.39 is 0 Å². The van der Waals surface area contributed by atoms with Crippen LogP contribution in [0.3, 0.4) is 0 Å². The number of aromatic amines is 1.